The molecule has 1 aromatic heterocycles. The van der Waals surface area contributed by atoms with Crippen LogP contribution in [-0.2, 0) is 22.0 Å². The summed E-state index contributed by atoms with van der Waals surface area (Å²) in [6.07, 6.45) is 3.09. The fourth-order valence-corrected chi connectivity index (χ4v) is 2.85. The molecule has 0 bridgehead atoms. The quantitative estimate of drug-likeness (QED) is 0.748. The number of benzene rings is 1. The Hall–Kier alpha value is -0.850. The lowest BCUT2D eigenvalue weighted by atomic mass is 10.2. The predicted molar refractivity (Wildman–Crippen MR) is 82.5 cm³/mol. The van der Waals surface area contributed by atoms with Crippen molar-refractivity contribution in [3.8, 4) is 0 Å². The van der Waals surface area contributed by atoms with Crippen molar-refractivity contribution in [2.24, 2.45) is 0 Å². The van der Waals surface area contributed by atoms with Gasteiger partial charge in [0, 0.05) is 34.3 Å². The number of imidazole rings is 1. The molecule has 0 aliphatic carbocycles. The summed E-state index contributed by atoms with van der Waals surface area (Å²) in [6.45, 7) is 2.59. The largest absolute Gasteiger partial charge is 0.329 e. The van der Waals surface area contributed by atoms with Crippen LogP contribution in [0.4, 0.5) is 0 Å². The van der Waals surface area contributed by atoms with Crippen molar-refractivity contribution in [2.45, 2.75) is 31.3 Å². The molecular weight excluding hydrogens is 364 g/mol. The van der Waals surface area contributed by atoms with Crippen LogP contribution in [-0.4, -0.2) is 18.0 Å². The molecule has 2 aromatic rings. The Labute approximate surface area is 131 Å². The van der Waals surface area contributed by atoms with Gasteiger partial charge >= 0.3 is 0 Å². The highest BCUT2D eigenvalue weighted by Gasteiger charge is 2.17. The Kier molecular flexibility index (Phi) is 4.88. The Morgan fingerprint density at radius 1 is 1.30 bits per heavy atom. The molecule has 2 rings (SSSR count). The minimum Gasteiger partial charge on any atom is -0.329 e. The molecule has 108 valence electrons. The van der Waals surface area contributed by atoms with E-state index in [1.807, 2.05) is 35.8 Å². The molecule has 0 saturated carbocycles. The smallest absolute Gasteiger partial charge is 0.280 e. The molecule has 0 aliphatic rings. The molecular formula is C13H14BrClN2O2S. The van der Waals surface area contributed by atoms with E-state index in [9.17, 15) is 8.42 Å². The van der Waals surface area contributed by atoms with Crippen LogP contribution in [0.5, 0.6) is 0 Å². The first-order valence-electron chi connectivity index (χ1n) is 6.15. The van der Waals surface area contributed by atoms with Gasteiger partial charge in [0.15, 0.2) is 5.03 Å². The van der Waals surface area contributed by atoms with Gasteiger partial charge in [-0.2, -0.15) is 0 Å². The molecule has 1 aromatic carbocycles. The first-order valence-corrected chi connectivity index (χ1v) is 9.25. The van der Waals surface area contributed by atoms with E-state index >= 15 is 0 Å². The van der Waals surface area contributed by atoms with Crippen molar-refractivity contribution in [2.75, 3.05) is 0 Å². The van der Waals surface area contributed by atoms with Crippen LogP contribution in [0.15, 0.2) is 40.0 Å². The van der Waals surface area contributed by atoms with Crippen LogP contribution in [0.25, 0.3) is 0 Å². The zero-order valence-corrected chi connectivity index (χ0v) is 14.0. The lowest BCUT2D eigenvalue weighted by molar-refractivity contribution is 0.606. The molecule has 1 heterocycles. The van der Waals surface area contributed by atoms with Gasteiger partial charge in [0.2, 0.25) is 0 Å². The van der Waals surface area contributed by atoms with Crippen LogP contribution in [0, 0.1) is 0 Å². The molecule has 0 unspecified atom stereocenters. The van der Waals surface area contributed by atoms with Gasteiger partial charge in [0.25, 0.3) is 9.05 Å². The summed E-state index contributed by atoms with van der Waals surface area (Å²) in [5.74, 6) is 0.731. The zero-order valence-electron chi connectivity index (χ0n) is 10.9. The Morgan fingerprint density at radius 3 is 2.50 bits per heavy atom. The summed E-state index contributed by atoms with van der Waals surface area (Å²) < 4.78 is 25.6. The minimum absolute atomic E-state index is 0.0836. The van der Waals surface area contributed by atoms with Crippen LogP contribution in [0.1, 0.15) is 24.7 Å². The van der Waals surface area contributed by atoms with E-state index < -0.39 is 9.05 Å². The fourth-order valence-electron chi connectivity index (χ4n) is 1.89. The molecule has 0 radical (unpaired) electrons. The first-order chi connectivity index (χ1) is 9.40. The first kappa shape index (κ1) is 15.5. The lowest BCUT2D eigenvalue weighted by Gasteiger charge is -2.07. The van der Waals surface area contributed by atoms with Gasteiger partial charge in [0.1, 0.15) is 5.82 Å². The standard InChI is InChI=1S/C13H14BrClN2O2S/c1-2-3-12-16-13(20(15,18)19)9-17(12)8-10-4-6-11(14)7-5-10/h4-7,9H,2-3,8H2,1H3. The zero-order chi connectivity index (χ0) is 14.8. The third kappa shape index (κ3) is 3.84. The van der Waals surface area contributed by atoms with Crippen molar-refractivity contribution in [3.63, 3.8) is 0 Å². The maximum absolute atomic E-state index is 11.4. The lowest BCUT2D eigenvalue weighted by Crippen LogP contribution is -2.03. The molecule has 0 atom stereocenters. The van der Waals surface area contributed by atoms with E-state index in [2.05, 4.69) is 20.9 Å². The van der Waals surface area contributed by atoms with Crippen LogP contribution < -0.4 is 0 Å². The van der Waals surface area contributed by atoms with E-state index in [1.54, 1.807) is 0 Å². The highest BCUT2D eigenvalue weighted by atomic mass is 79.9. The second-order valence-corrected chi connectivity index (χ2v) is 7.87. The molecule has 0 saturated heterocycles. The SMILES string of the molecule is CCCc1nc(S(=O)(=O)Cl)cn1Cc1ccc(Br)cc1. The highest BCUT2D eigenvalue weighted by Crippen LogP contribution is 2.18. The topological polar surface area (TPSA) is 52.0 Å². The Bertz CT molecular complexity index is 696. The van der Waals surface area contributed by atoms with Gasteiger partial charge in [-0.3, -0.25) is 0 Å². The second kappa shape index (κ2) is 6.28. The fraction of sp³-hybridized carbons (Fsp3) is 0.308. The molecule has 0 aliphatic heterocycles. The molecule has 0 N–H and O–H groups in total. The van der Waals surface area contributed by atoms with Gasteiger partial charge < -0.3 is 4.57 Å². The summed E-state index contributed by atoms with van der Waals surface area (Å²) in [5.41, 5.74) is 1.07. The van der Waals surface area contributed by atoms with Crippen molar-refractivity contribution < 1.29 is 8.42 Å². The summed E-state index contributed by atoms with van der Waals surface area (Å²) in [5, 5.41) is -0.0836. The molecule has 0 spiro atoms. The van der Waals surface area contributed by atoms with Gasteiger partial charge in [-0.25, -0.2) is 13.4 Å². The van der Waals surface area contributed by atoms with Crippen molar-refractivity contribution in [1.82, 2.24) is 9.55 Å². The number of aromatic nitrogens is 2. The average molecular weight is 378 g/mol. The summed E-state index contributed by atoms with van der Waals surface area (Å²) in [6, 6.07) is 7.86. The monoisotopic (exact) mass is 376 g/mol. The minimum atomic E-state index is -3.79. The summed E-state index contributed by atoms with van der Waals surface area (Å²) in [4.78, 5) is 4.12. The maximum Gasteiger partial charge on any atom is 0.280 e. The highest BCUT2D eigenvalue weighted by molar-refractivity contribution is 9.10. The number of hydrogen-bond donors (Lipinski definition) is 0. The number of halogens is 2. The van der Waals surface area contributed by atoms with Crippen molar-refractivity contribution in [1.29, 1.82) is 0 Å². The van der Waals surface area contributed by atoms with Crippen LogP contribution in [0.2, 0.25) is 0 Å². The molecule has 0 amide bonds. The maximum atomic E-state index is 11.4. The van der Waals surface area contributed by atoms with E-state index in [4.69, 9.17) is 10.7 Å². The number of hydrogen-bond acceptors (Lipinski definition) is 3. The number of aryl methyl sites for hydroxylation is 1. The van der Waals surface area contributed by atoms with Gasteiger partial charge in [-0.1, -0.05) is 35.0 Å². The summed E-state index contributed by atoms with van der Waals surface area (Å²) in [7, 11) is 1.57. The molecule has 7 heteroatoms. The van der Waals surface area contributed by atoms with E-state index in [-0.39, 0.29) is 5.03 Å². The van der Waals surface area contributed by atoms with Gasteiger partial charge in [-0.05, 0) is 24.1 Å². The third-order valence-electron chi connectivity index (χ3n) is 2.83. The predicted octanol–water partition coefficient (Wildman–Crippen LogP) is 3.57. The second-order valence-electron chi connectivity index (χ2n) is 4.44. The van der Waals surface area contributed by atoms with Crippen LogP contribution in [0.3, 0.4) is 0 Å². The van der Waals surface area contributed by atoms with Crippen molar-refractivity contribution in [3.05, 3.63) is 46.3 Å². The Morgan fingerprint density at radius 2 is 1.95 bits per heavy atom. The van der Waals surface area contributed by atoms with E-state index in [0.29, 0.717) is 13.0 Å². The van der Waals surface area contributed by atoms with Gasteiger partial charge in [0.05, 0.1) is 0 Å². The van der Waals surface area contributed by atoms with E-state index in [0.717, 1.165) is 22.3 Å². The molecule has 4 nitrogen and oxygen atoms in total. The molecule has 20 heavy (non-hydrogen) atoms. The number of nitrogens with zero attached hydrogens (tertiary/aromatic N) is 2. The normalized spacial score (nSPS) is 11.8. The van der Waals surface area contributed by atoms with Crippen LogP contribution >= 0.6 is 26.6 Å². The van der Waals surface area contributed by atoms with E-state index in [1.165, 1.54) is 6.20 Å². The Balaban J connectivity index is 2.34. The van der Waals surface area contributed by atoms with Crippen molar-refractivity contribution >= 4 is 35.7 Å². The molecule has 0 fully saturated rings. The summed E-state index contributed by atoms with van der Waals surface area (Å²) >= 11 is 3.38. The van der Waals surface area contributed by atoms with Gasteiger partial charge in [-0.15, -0.1) is 0 Å². The number of rotatable bonds is 5. The average Bonchev–Trinajstić information content (AvgIpc) is 2.76. The third-order valence-corrected chi connectivity index (χ3v) is 4.53.